The van der Waals surface area contributed by atoms with Gasteiger partial charge >= 0.3 is 14.7 Å². The Morgan fingerprint density at radius 1 is 1.19 bits per heavy atom. The SMILES string of the molecule is CCCCCCOS(=O)(=O)C(F)(F)Sc1ccccc1.Cn1ccnc1. The predicted octanol–water partition coefficient (Wildman–Crippen LogP) is 4.68. The summed E-state index contributed by atoms with van der Waals surface area (Å²) in [7, 11) is -2.98. The van der Waals surface area contributed by atoms with E-state index in [4.69, 9.17) is 0 Å². The lowest BCUT2D eigenvalue weighted by Crippen LogP contribution is -2.27. The second-order valence-electron chi connectivity index (χ2n) is 5.44. The van der Waals surface area contributed by atoms with E-state index in [1.165, 1.54) is 12.1 Å². The number of aryl methyl sites for hydroxylation is 1. The fraction of sp³-hybridized carbons (Fsp3) is 0.471. The van der Waals surface area contributed by atoms with E-state index in [0.717, 1.165) is 19.3 Å². The number of benzene rings is 1. The van der Waals surface area contributed by atoms with Crippen LogP contribution in [-0.2, 0) is 21.3 Å². The Kier molecular flexibility index (Phi) is 9.82. The minimum Gasteiger partial charge on any atom is -0.341 e. The standard InChI is InChI=1S/C13H18F2O3S2.C4H6N2/c1-2-3-4-8-11-18-20(16,17)13(14,15)19-12-9-6-5-7-10-12;1-6-3-2-5-4-6/h5-7,9-10H,2-4,8,11H2,1H3;2-4H,1H3. The van der Waals surface area contributed by atoms with Gasteiger partial charge in [0.2, 0.25) is 0 Å². The van der Waals surface area contributed by atoms with E-state index in [1.54, 1.807) is 30.7 Å². The van der Waals surface area contributed by atoms with Crippen LogP contribution in [0.2, 0.25) is 0 Å². The molecule has 0 saturated carbocycles. The number of rotatable bonds is 9. The normalized spacial score (nSPS) is 11.7. The highest BCUT2D eigenvalue weighted by atomic mass is 32.3. The van der Waals surface area contributed by atoms with Crippen molar-refractivity contribution in [2.24, 2.45) is 7.05 Å². The minimum atomic E-state index is -4.92. The van der Waals surface area contributed by atoms with Gasteiger partial charge in [-0.05, 0) is 30.3 Å². The Morgan fingerprint density at radius 2 is 1.88 bits per heavy atom. The molecule has 5 nitrogen and oxygen atoms in total. The lowest BCUT2D eigenvalue weighted by atomic mass is 10.2. The third-order valence-electron chi connectivity index (χ3n) is 3.14. The Labute approximate surface area is 157 Å². The lowest BCUT2D eigenvalue weighted by molar-refractivity contribution is 0.163. The minimum absolute atomic E-state index is 0.0252. The molecule has 0 fully saturated rings. The van der Waals surface area contributed by atoms with Crippen LogP contribution >= 0.6 is 11.8 Å². The highest BCUT2D eigenvalue weighted by Crippen LogP contribution is 2.40. The molecule has 146 valence electrons. The Balaban J connectivity index is 0.000000472. The second kappa shape index (κ2) is 11.3. The van der Waals surface area contributed by atoms with Gasteiger partial charge < -0.3 is 4.57 Å². The summed E-state index contributed by atoms with van der Waals surface area (Å²) in [6, 6.07) is 7.65. The summed E-state index contributed by atoms with van der Waals surface area (Å²) in [5, 5.41) is 0. The fourth-order valence-electron chi connectivity index (χ4n) is 1.77. The number of unbranched alkanes of at least 4 members (excludes halogenated alkanes) is 3. The number of aromatic nitrogens is 2. The Bertz CT molecular complexity index is 709. The molecule has 0 saturated heterocycles. The molecule has 2 rings (SSSR count). The van der Waals surface area contributed by atoms with Crippen LogP contribution in [0, 0.1) is 0 Å². The van der Waals surface area contributed by atoms with Crippen LogP contribution in [0.3, 0.4) is 0 Å². The fourth-order valence-corrected chi connectivity index (χ4v) is 3.65. The number of thioether (sulfide) groups is 1. The van der Waals surface area contributed by atoms with E-state index in [2.05, 4.69) is 9.17 Å². The average Bonchev–Trinajstić information content (AvgIpc) is 3.06. The van der Waals surface area contributed by atoms with Crippen molar-refractivity contribution in [2.75, 3.05) is 6.61 Å². The zero-order chi connectivity index (χ0) is 19.5. The summed E-state index contributed by atoms with van der Waals surface area (Å²) in [5.41, 5.74) is 0. The first-order valence-corrected chi connectivity index (χ1v) is 10.4. The van der Waals surface area contributed by atoms with Crippen molar-refractivity contribution in [3.8, 4) is 0 Å². The molecule has 0 N–H and O–H groups in total. The molecule has 1 heterocycles. The third kappa shape index (κ3) is 8.29. The van der Waals surface area contributed by atoms with Crippen molar-refractivity contribution in [2.45, 2.75) is 42.1 Å². The van der Waals surface area contributed by atoms with Crippen molar-refractivity contribution in [3.05, 3.63) is 49.1 Å². The summed E-state index contributed by atoms with van der Waals surface area (Å²) >= 11 is -0.0252. The zero-order valence-electron chi connectivity index (χ0n) is 14.8. The van der Waals surface area contributed by atoms with E-state index in [0.29, 0.717) is 6.42 Å². The smallest absolute Gasteiger partial charge is 0.341 e. The van der Waals surface area contributed by atoms with E-state index >= 15 is 0 Å². The van der Waals surface area contributed by atoms with Gasteiger partial charge in [0.25, 0.3) is 0 Å². The zero-order valence-corrected chi connectivity index (χ0v) is 16.5. The first kappa shape index (κ1) is 22.6. The van der Waals surface area contributed by atoms with Gasteiger partial charge in [-0.1, -0.05) is 44.4 Å². The molecule has 0 amide bonds. The van der Waals surface area contributed by atoms with Crippen LogP contribution < -0.4 is 0 Å². The van der Waals surface area contributed by atoms with Gasteiger partial charge in [0, 0.05) is 24.3 Å². The molecule has 0 aliphatic heterocycles. The van der Waals surface area contributed by atoms with Crippen LogP contribution in [0.15, 0.2) is 53.9 Å². The number of hydrogen-bond acceptors (Lipinski definition) is 5. The van der Waals surface area contributed by atoms with Crippen LogP contribution in [-0.4, -0.2) is 29.2 Å². The second-order valence-corrected chi connectivity index (χ2v) is 8.55. The van der Waals surface area contributed by atoms with E-state index in [-0.39, 0.29) is 23.3 Å². The lowest BCUT2D eigenvalue weighted by Gasteiger charge is -2.15. The van der Waals surface area contributed by atoms with Gasteiger partial charge in [-0.3, -0.25) is 4.18 Å². The van der Waals surface area contributed by atoms with Crippen LogP contribution in [0.25, 0.3) is 0 Å². The predicted molar refractivity (Wildman–Crippen MR) is 99.5 cm³/mol. The molecule has 0 spiro atoms. The molecule has 26 heavy (non-hydrogen) atoms. The molecule has 0 aliphatic carbocycles. The van der Waals surface area contributed by atoms with Crippen molar-refractivity contribution in [3.63, 3.8) is 0 Å². The largest absolute Gasteiger partial charge is 0.421 e. The molecule has 0 atom stereocenters. The Hall–Kier alpha value is -1.45. The van der Waals surface area contributed by atoms with Crippen LogP contribution in [0.4, 0.5) is 8.78 Å². The number of imidazole rings is 1. The maximum atomic E-state index is 13.7. The monoisotopic (exact) mass is 406 g/mol. The summed E-state index contributed by atoms with van der Waals surface area (Å²) in [5.74, 6) is 0. The highest BCUT2D eigenvalue weighted by Gasteiger charge is 2.47. The number of alkyl halides is 2. The van der Waals surface area contributed by atoms with Crippen molar-refractivity contribution in [1.29, 1.82) is 0 Å². The molecule has 0 unspecified atom stereocenters. The summed E-state index contributed by atoms with van der Waals surface area (Å²) in [6.07, 6.45) is 8.52. The van der Waals surface area contributed by atoms with E-state index < -0.39 is 14.7 Å². The van der Waals surface area contributed by atoms with Crippen LogP contribution in [0.1, 0.15) is 32.6 Å². The molecule has 9 heteroatoms. The van der Waals surface area contributed by atoms with Gasteiger partial charge in [-0.25, -0.2) is 4.98 Å². The van der Waals surface area contributed by atoms with Crippen molar-refractivity contribution < 1.29 is 21.4 Å². The Morgan fingerprint density at radius 3 is 2.38 bits per heavy atom. The van der Waals surface area contributed by atoms with Gasteiger partial charge in [0.1, 0.15) is 0 Å². The summed E-state index contributed by atoms with van der Waals surface area (Å²) in [6.45, 7) is 1.80. The van der Waals surface area contributed by atoms with Gasteiger partial charge in [-0.15, -0.1) is 0 Å². The topological polar surface area (TPSA) is 61.2 Å². The van der Waals surface area contributed by atoms with E-state index in [1.807, 2.05) is 24.7 Å². The first-order valence-electron chi connectivity index (χ1n) is 8.21. The van der Waals surface area contributed by atoms with Gasteiger partial charge in [-0.2, -0.15) is 17.2 Å². The number of nitrogens with zero attached hydrogens (tertiary/aromatic N) is 2. The molecular formula is C17H24F2N2O3S2. The quantitative estimate of drug-likeness (QED) is 0.344. The molecular weight excluding hydrogens is 382 g/mol. The number of hydrogen-bond donors (Lipinski definition) is 0. The van der Waals surface area contributed by atoms with Gasteiger partial charge in [0.15, 0.2) is 0 Å². The molecule has 0 bridgehead atoms. The summed E-state index contributed by atoms with van der Waals surface area (Å²) < 4.78 is 52.7. The molecule has 2 aromatic rings. The van der Waals surface area contributed by atoms with Crippen LogP contribution in [0.5, 0.6) is 0 Å². The molecule has 1 aromatic carbocycles. The highest BCUT2D eigenvalue weighted by molar-refractivity contribution is 8.12. The maximum absolute atomic E-state index is 13.7. The average molecular weight is 407 g/mol. The third-order valence-corrected chi connectivity index (χ3v) is 5.81. The maximum Gasteiger partial charge on any atom is 0.421 e. The van der Waals surface area contributed by atoms with Crippen molar-refractivity contribution in [1.82, 2.24) is 9.55 Å². The number of halogens is 2. The van der Waals surface area contributed by atoms with Crippen molar-refractivity contribution >= 4 is 21.9 Å². The van der Waals surface area contributed by atoms with E-state index in [9.17, 15) is 17.2 Å². The molecule has 0 aliphatic rings. The molecule has 1 aromatic heterocycles. The summed E-state index contributed by atoms with van der Waals surface area (Å²) in [4.78, 5) is 3.96. The first-order chi connectivity index (χ1) is 12.3. The van der Waals surface area contributed by atoms with Gasteiger partial charge in [0.05, 0.1) is 12.9 Å². The molecule has 0 radical (unpaired) electrons.